The molecule has 2 rings (SSSR count). The third-order valence-electron chi connectivity index (χ3n) is 3.26. The Hall–Kier alpha value is -1.97. The lowest BCUT2D eigenvalue weighted by molar-refractivity contribution is 0.0157. The highest BCUT2D eigenvalue weighted by molar-refractivity contribution is 6.30. The summed E-state index contributed by atoms with van der Waals surface area (Å²) in [5.41, 5.74) is 0.852. The maximum atomic E-state index is 12.2. The van der Waals surface area contributed by atoms with Gasteiger partial charge in [-0.25, -0.2) is 4.79 Å². The van der Waals surface area contributed by atoms with Crippen molar-refractivity contribution in [2.45, 2.75) is 19.6 Å². The molecule has 6 nitrogen and oxygen atoms in total. The summed E-state index contributed by atoms with van der Waals surface area (Å²) in [4.78, 5) is 13.7. The van der Waals surface area contributed by atoms with Crippen LogP contribution in [0.1, 0.15) is 12.5 Å². The first-order chi connectivity index (χ1) is 10.6. The van der Waals surface area contributed by atoms with Crippen LogP contribution < -0.4 is 10.1 Å². The zero-order chi connectivity index (χ0) is 15.9. The van der Waals surface area contributed by atoms with Gasteiger partial charge in [-0.2, -0.15) is 5.26 Å². The van der Waals surface area contributed by atoms with Crippen LogP contribution in [0, 0.1) is 11.3 Å². The third kappa shape index (κ3) is 4.26. The van der Waals surface area contributed by atoms with E-state index in [-0.39, 0.29) is 12.6 Å². The van der Waals surface area contributed by atoms with Gasteiger partial charge in [-0.15, -0.1) is 0 Å². The predicted octanol–water partition coefficient (Wildman–Crippen LogP) is 2.17. The van der Waals surface area contributed by atoms with Crippen molar-refractivity contribution in [3.05, 3.63) is 28.8 Å². The van der Waals surface area contributed by atoms with Gasteiger partial charge in [0.25, 0.3) is 0 Å². The van der Waals surface area contributed by atoms with Crippen LogP contribution in [0.4, 0.5) is 4.79 Å². The summed E-state index contributed by atoms with van der Waals surface area (Å²) in [6.45, 7) is 3.87. The number of carbonyl (C=O) groups excluding carboxylic acids is 1. The second kappa shape index (κ2) is 7.87. The molecule has 1 unspecified atom stereocenters. The third-order valence-corrected chi connectivity index (χ3v) is 3.49. The highest BCUT2D eigenvalue weighted by Crippen LogP contribution is 2.23. The number of nitrogens with one attached hydrogen (secondary N) is 1. The highest BCUT2D eigenvalue weighted by atomic mass is 35.5. The molecule has 7 heteroatoms. The maximum Gasteiger partial charge on any atom is 0.317 e. The fourth-order valence-corrected chi connectivity index (χ4v) is 2.32. The number of amides is 2. The second-order valence-corrected chi connectivity index (χ2v) is 5.21. The number of rotatable bonds is 4. The van der Waals surface area contributed by atoms with E-state index in [2.05, 4.69) is 5.32 Å². The summed E-state index contributed by atoms with van der Waals surface area (Å²) < 4.78 is 10.7. The minimum Gasteiger partial charge on any atom is -0.493 e. The van der Waals surface area contributed by atoms with Gasteiger partial charge >= 0.3 is 6.03 Å². The predicted molar refractivity (Wildman–Crippen MR) is 81.8 cm³/mol. The molecule has 0 spiro atoms. The van der Waals surface area contributed by atoms with Crippen LogP contribution >= 0.6 is 11.6 Å². The molecule has 118 valence electrons. The zero-order valence-corrected chi connectivity index (χ0v) is 13.1. The topological polar surface area (TPSA) is 74.6 Å². The fourth-order valence-electron chi connectivity index (χ4n) is 2.16. The molecule has 0 aliphatic carbocycles. The van der Waals surface area contributed by atoms with Gasteiger partial charge in [-0.3, -0.25) is 0 Å². The van der Waals surface area contributed by atoms with Crippen LogP contribution in [-0.2, 0) is 11.3 Å². The molecule has 1 N–H and O–H groups in total. The Morgan fingerprint density at radius 3 is 3.18 bits per heavy atom. The van der Waals surface area contributed by atoms with Gasteiger partial charge in [-0.05, 0) is 19.1 Å². The molecule has 0 aromatic heterocycles. The Balaban J connectivity index is 1.95. The normalized spacial score (nSPS) is 17.7. The molecule has 0 saturated carbocycles. The SMILES string of the molecule is CCOc1cc(Cl)ccc1CNC(=O)N1CCOC(C#N)C1. The van der Waals surface area contributed by atoms with Crippen molar-refractivity contribution in [2.75, 3.05) is 26.3 Å². The molecule has 1 aromatic rings. The van der Waals surface area contributed by atoms with E-state index < -0.39 is 6.10 Å². The monoisotopic (exact) mass is 323 g/mol. The Bertz CT molecular complexity index is 574. The summed E-state index contributed by atoms with van der Waals surface area (Å²) in [5.74, 6) is 0.659. The minimum absolute atomic E-state index is 0.221. The smallest absolute Gasteiger partial charge is 0.317 e. The average molecular weight is 324 g/mol. The average Bonchev–Trinajstić information content (AvgIpc) is 2.54. The van der Waals surface area contributed by atoms with E-state index in [1.54, 1.807) is 17.0 Å². The molecule has 1 aliphatic heterocycles. The van der Waals surface area contributed by atoms with E-state index in [4.69, 9.17) is 26.3 Å². The van der Waals surface area contributed by atoms with Crippen molar-refractivity contribution < 1.29 is 14.3 Å². The van der Waals surface area contributed by atoms with Crippen molar-refractivity contribution in [1.29, 1.82) is 5.26 Å². The maximum absolute atomic E-state index is 12.2. The van der Waals surface area contributed by atoms with Crippen LogP contribution in [0.15, 0.2) is 18.2 Å². The lowest BCUT2D eigenvalue weighted by Gasteiger charge is -2.29. The lowest BCUT2D eigenvalue weighted by atomic mass is 10.2. The van der Waals surface area contributed by atoms with Gasteiger partial charge < -0.3 is 19.7 Å². The number of nitriles is 1. The number of morpholine rings is 1. The number of benzene rings is 1. The van der Waals surface area contributed by atoms with E-state index in [1.807, 2.05) is 19.1 Å². The lowest BCUT2D eigenvalue weighted by Crippen LogP contribution is -2.49. The Morgan fingerprint density at radius 2 is 2.45 bits per heavy atom. The Labute approximate surface area is 134 Å². The summed E-state index contributed by atoms with van der Waals surface area (Å²) >= 11 is 5.95. The molecule has 1 saturated heterocycles. The van der Waals surface area contributed by atoms with Gasteiger partial charge in [-0.1, -0.05) is 17.7 Å². The van der Waals surface area contributed by atoms with E-state index >= 15 is 0 Å². The van der Waals surface area contributed by atoms with Crippen LogP contribution in [0.3, 0.4) is 0 Å². The summed E-state index contributed by atoms with van der Waals surface area (Å²) in [7, 11) is 0. The van der Waals surface area contributed by atoms with Crippen LogP contribution in [0.5, 0.6) is 5.75 Å². The molecular weight excluding hydrogens is 306 g/mol. The number of hydrogen-bond donors (Lipinski definition) is 1. The van der Waals surface area contributed by atoms with E-state index in [1.165, 1.54) is 0 Å². The fraction of sp³-hybridized carbons (Fsp3) is 0.467. The summed E-state index contributed by atoms with van der Waals surface area (Å²) in [6.07, 6.45) is -0.561. The molecule has 22 heavy (non-hydrogen) atoms. The minimum atomic E-state index is -0.561. The molecule has 1 atom stereocenters. The second-order valence-electron chi connectivity index (χ2n) is 4.78. The molecule has 2 amide bonds. The molecule has 1 heterocycles. The molecular formula is C15H18ClN3O3. The summed E-state index contributed by atoms with van der Waals surface area (Å²) in [6, 6.07) is 7.10. The standard InChI is InChI=1S/C15H18ClN3O3/c1-2-21-14-7-12(16)4-3-11(14)9-18-15(20)19-5-6-22-13(8-17)10-19/h3-4,7,13H,2,5-6,9-10H2,1H3,(H,18,20). The van der Waals surface area contributed by atoms with Crippen LogP contribution in [-0.4, -0.2) is 43.3 Å². The van der Waals surface area contributed by atoms with Crippen molar-refractivity contribution in [3.63, 3.8) is 0 Å². The highest BCUT2D eigenvalue weighted by Gasteiger charge is 2.23. The van der Waals surface area contributed by atoms with Gasteiger partial charge in [0, 0.05) is 23.7 Å². The summed E-state index contributed by atoms with van der Waals surface area (Å²) in [5, 5.41) is 12.3. The first kappa shape index (κ1) is 16.4. The molecule has 1 fully saturated rings. The van der Waals surface area contributed by atoms with Crippen LogP contribution in [0.2, 0.25) is 5.02 Å². The van der Waals surface area contributed by atoms with Crippen molar-refractivity contribution >= 4 is 17.6 Å². The number of urea groups is 1. The number of nitrogens with zero attached hydrogens (tertiary/aromatic N) is 2. The number of ether oxygens (including phenoxy) is 2. The van der Waals surface area contributed by atoms with E-state index in [9.17, 15) is 4.79 Å². The van der Waals surface area contributed by atoms with Crippen molar-refractivity contribution in [3.8, 4) is 11.8 Å². The van der Waals surface area contributed by atoms with Gasteiger partial charge in [0.05, 0.1) is 25.8 Å². The molecule has 1 aliphatic rings. The van der Waals surface area contributed by atoms with Gasteiger partial charge in [0.1, 0.15) is 5.75 Å². The van der Waals surface area contributed by atoms with E-state index in [0.717, 1.165) is 5.56 Å². The van der Waals surface area contributed by atoms with Gasteiger partial charge in [0.15, 0.2) is 6.10 Å². The molecule has 0 bridgehead atoms. The first-order valence-electron chi connectivity index (χ1n) is 7.09. The zero-order valence-electron chi connectivity index (χ0n) is 12.3. The van der Waals surface area contributed by atoms with Crippen molar-refractivity contribution in [1.82, 2.24) is 10.2 Å². The molecule has 0 radical (unpaired) electrons. The Kier molecular flexibility index (Phi) is 5.87. The number of hydrogen-bond acceptors (Lipinski definition) is 4. The first-order valence-corrected chi connectivity index (χ1v) is 7.47. The van der Waals surface area contributed by atoms with Gasteiger partial charge in [0.2, 0.25) is 0 Å². The van der Waals surface area contributed by atoms with Crippen molar-refractivity contribution in [2.24, 2.45) is 0 Å². The largest absolute Gasteiger partial charge is 0.493 e. The quantitative estimate of drug-likeness (QED) is 0.921. The Morgan fingerprint density at radius 1 is 1.64 bits per heavy atom. The number of carbonyl (C=O) groups is 1. The van der Waals surface area contributed by atoms with Crippen LogP contribution in [0.25, 0.3) is 0 Å². The number of halogens is 1. The van der Waals surface area contributed by atoms with E-state index in [0.29, 0.717) is 37.1 Å². The molecule has 1 aromatic carbocycles.